The molecule has 0 aliphatic carbocycles. The first-order valence-corrected chi connectivity index (χ1v) is 6.75. The average molecular weight is 309 g/mol. The second-order valence-electron chi connectivity index (χ2n) is 4.40. The molecule has 0 aliphatic rings. The third-order valence-corrected chi connectivity index (χ3v) is 3.75. The lowest BCUT2D eigenvalue weighted by Crippen LogP contribution is -2.11. The van der Waals surface area contributed by atoms with Crippen LogP contribution < -0.4 is 10.5 Å². The van der Waals surface area contributed by atoms with E-state index in [0.717, 1.165) is 11.1 Å². The molecule has 0 heterocycles. The van der Waals surface area contributed by atoms with Crippen LogP contribution in [-0.2, 0) is 6.61 Å². The lowest BCUT2D eigenvalue weighted by Gasteiger charge is -2.11. The number of nitrogens with one attached hydrogen (secondary N) is 1. The van der Waals surface area contributed by atoms with E-state index in [2.05, 4.69) is 0 Å². The summed E-state index contributed by atoms with van der Waals surface area (Å²) < 4.78 is 5.68. The van der Waals surface area contributed by atoms with Crippen molar-refractivity contribution >= 4 is 29.0 Å². The molecule has 3 N–H and O–H groups in total. The standard InChI is InChI=1S/C15H14Cl2N2O/c1-9-7-10(15(18)19)5-6-11(9)8-20-13-4-2-3-12(16)14(13)17/h2-7H,8H2,1H3,(H3,18,19). The van der Waals surface area contributed by atoms with Gasteiger partial charge in [0.2, 0.25) is 0 Å². The van der Waals surface area contributed by atoms with Gasteiger partial charge in [0.15, 0.2) is 0 Å². The average Bonchev–Trinajstić information content (AvgIpc) is 2.41. The molecule has 2 rings (SSSR count). The fourth-order valence-electron chi connectivity index (χ4n) is 1.78. The van der Waals surface area contributed by atoms with Gasteiger partial charge in [0.1, 0.15) is 23.2 Å². The maximum atomic E-state index is 7.41. The molecule has 0 bridgehead atoms. The van der Waals surface area contributed by atoms with Crippen LogP contribution in [0.3, 0.4) is 0 Å². The van der Waals surface area contributed by atoms with Crippen molar-refractivity contribution in [3.8, 4) is 5.75 Å². The third kappa shape index (κ3) is 3.24. The SMILES string of the molecule is Cc1cc(C(=N)N)ccc1COc1cccc(Cl)c1Cl. The molecule has 0 unspecified atom stereocenters. The number of hydrogen-bond donors (Lipinski definition) is 2. The molecule has 0 fully saturated rings. The smallest absolute Gasteiger partial charge is 0.139 e. The van der Waals surface area contributed by atoms with Crippen molar-refractivity contribution in [2.75, 3.05) is 0 Å². The molecule has 20 heavy (non-hydrogen) atoms. The number of nitrogen functional groups attached to an aromatic ring is 1. The fraction of sp³-hybridized carbons (Fsp3) is 0.133. The van der Waals surface area contributed by atoms with Gasteiger partial charge in [-0.1, -0.05) is 41.4 Å². The normalized spacial score (nSPS) is 10.3. The van der Waals surface area contributed by atoms with E-state index in [9.17, 15) is 0 Å². The van der Waals surface area contributed by atoms with Gasteiger partial charge in [-0.25, -0.2) is 0 Å². The van der Waals surface area contributed by atoms with Gasteiger partial charge in [0.05, 0.1) is 5.02 Å². The van der Waals surface area contributed by atoms with Crippen LogP contribution in [0.2, 0.25) is 10.0 Å². The van der Waals surface area contributed by atoms with Gasteiger partial charge in [0, 0.05) is 5.56 Å². The maximum Gasteiger partial charge on any atom is 0.139 e. The second-order valence-corrected chi connectivity index (χ2v) is 5.18. The molecule has 0 amide bonds. The van der Waals surface area contributed by atoms with Crippen molar-refractivity contribution in [3.63, 3.8) is 0 Å². The number of hydrogen-bond acceptors (Lipinski definition) is 2. The topological polar surface area (TPSA) is 59.1 Å². The summed E-state index contributed by atoms with van der Waals surface area (Å²) in [6.45, 7) is 2.33. The van der Waals surface area contributed by atoms with Gasteiger partial charge >= 0.3 is 0 Å². The van der Waals surface area contributed by atoms with E-state index in [-0.39, 0.29) is 5.84 Å². The summed E-state index contributed by atoms with van der Waals surface area (Å²) in [5.41, 5.74) is 8.17. The van der Waals surface area contributed by atoms with Gasteiger partial charge < -0.3 is 10.5 Å². The number of nitrogens with two attached hydrogens (primary N) is 1. The van der Waals surface area contributed by atoms with Crippen molar-refractivity contribution in [2.24, 2.45) is 5.73 Å². The quantitative estimate of drug-likeness (QED) is 0.658. The van der Waals surface area contributed by atoms with Gasteiger partial charge in [-0.15, -0.1) is 0 Å². The largest absolute Gasteiger partial charge is 0.487 e. The number of rotatable bonds is 4. The number of benzene rings is 2. The minimum atomic E-state index is 0.0541. The monoisotopic (exact) mass is 308 g/mol. The molecule has 0 aliphatic heterocycles. The number of halogens is 2. The van der Waals surface area contributed by atoms with Gasteiger partial charge in [-0.3, -0.25) is 5.41 Å². The highest BCUT2D eigenvalue weighted by molar-refractivity contribution is 6.42. The zero-order valence-electron chi connectivity index (χ0n) is 10.9. The first-order chi connectivity index (χ1) is 9.49. The van der Waals surface area contributed by atoms with Crippen LogP contribution in [0.1, 0.15) is 16.7 Å². The molecule has 0 saturated heterocycles. The molecule has 0 radical (unpaired) electrons. The highest BCUT2D eigenvalue weighted by atomic mass is 35.5. The highest BCUT2D eigenvalue weighted by Crippen LogP contribution is 2.32. The summed E-state index contributed by atoms with van der Waals surface area (Å²) in [6, 6.07) is 10.8. The predicted octanol–water partition coefficient (Wildman–Crippen LogP) is 4.16. The molecular weight excluding hydrogens is 295 g/mol. The maximum absolute atomic E-state index is 7.41. The van der Waals surface area contributed by atoms with Crippen molar-refractivity contribution in [2.45, 2.75) is 13.5 Å². The Hall–Kier alpha value is -1.71. The fourth-order valence-corrected chi connectivity index (χ4v) is 2.12. The zero-order valence-corrected chi connectivity index (χ0v) is 12.4. The summed E-state index contributed by atoms with van der Waals surface area (Å²) in [5, 5.41) is 8.28. The molecular formula is C15H14Cl2N2O. The number of amidine groups is 1. The predicted molar refractivity (Wildman–Crippen MR) is 83.0 cm³/mol. The highest BCUT2D eigenvalue weighted by Gasteiger charge is 2.07. The van der Waals surface area contributed by atoms with Crippen molar-refractivity contribution < 1.29 is 4.74 Å². The van der Waals surface area contributed by atoms with E-state index in [1.807, 2.05) is 19.1 Å². The van der Waals surface area contributed by atoms with Crippen LogP contribution in [-0.4, -0.2) is 5.84 Å². The van der Waals surface area contributed by atoms with E-state index < -0.39 is 0 Å². The molecule has 0 saturated carbocycles. The van der Waals surface area contributed by atoms with Gasteiger partial charge in [-0.2, -0.15) is 0 Å². The van der Waals surface area contributed by atoms with Crippen molar-refractivity contribution in [1.82, 2.24) is 0 Å². The lowest BCUT2D eigenvalue weighted by molar-refractivity contribution is 0.305. The summed E-state index contributed by atoms with van der Waals surface area (Å²) in [4.78, 5) is 0. The molecule has 2 aromatic carbocycles. The number of aryl methyl sites for hydroxylation is 1. The van der Waals surface area contributed by atoms with Crippen LogP contribution in [0.4, 0.5) is 0 Å². The lowest BCUT2D eigenvalue weighted by atomic mass is 10.1. The molecule has 2 aromatic rings. The van der Waals surface area contributed by atoms with Crippen LogP contribution >= 0.6 is 23.2 Å². The number of ether oxygens (including phenoxy) is 1. The minimum Gasteiger partial charge on any atom is -0.487 e. The Labute approximate surface area is 127 Å². The summed E-state index contributed by atoms with van der Waals surface area (Å²) in [5.74, 6) is 0.604. The van der Waals surface area contributed by atoms with E-state index >= 15 is 0 Å². The summed E-state index contributed by atoms with van der Waals surface area (Å²) >= 11 is 12.0. The Morgan fingerprint density at radius 3 is 2.65 bits per heavy atom. The minimum absolute atomic E-state index is 0.0541. The van der Waals surface area contributed by atoms with E-state index in [4.69, 9.17) is 39.1 Å². The Kier molecular flexibility index (Phi) is 4.53. The molecule has 3 nitrogen and oxygen atoms in total. The first kappa shape index (κ1) is 14.7. The first-order valence-electron chi connectivity index (χ1n) is 6.00. The zero-order chi connectivity index (χ0) is 14.7. The van der Waals surface area contributed by atoms with Crippen molar-refractivity contribution in [1.29, 1.82) is 5.41 Å². The van der Waals surface area contributed by atoms with E-state index in [1.54, 1.807) is 24.3 Å². The molecule has 0 aromatic heterocycles. The van der Waals surface area contributed by atoms with Crippen LogP contribution in [0.25, 0.3) is 0 Å². The Balaban J connectivity index is 2.15. The van der Waals surface area contributed by atoms with Crippen molar-refractivity contribution in [3.05, 3.63) is 63.1 Å². The van der Waals surface area contributed by atoms with Gasteiger partial charge in [-0.05, 0) is 36.2 Å². The molecule has 0 spiro atoms. The Bertz CT molecular complexity index is 656. The van der Waals surface area contributed by atoms with Crippen LogP contribution in [0, 0.1) is 12.3 Å². The molecule has 0 atom stereocenters. The molecule has 5 heteroatoms. The Morgan fingerprint density at radius 2 is 2.00 bits per heavy atom. The van der Waals surface area contributed by atoms with Crippen LogP contribution in [0.15, 0.2) is 36.4 Å². The van der Waals surface area contributed by atoms with Gasteiger partial charge in [0.25, 0.3) is 0 Å². The van der Waals surface area contributed by atoms with Crippen LogP contribution in [0.5, 0.6) is 5.75 Å². The third-order valence-electron chi connectivity index (χ3n) is 2.95. The molecule has 104 valence electrons. The van der Waals surface area contributed by atoms with E-state index in [1.165, 1.54) is 0 Å². The summed E-state index contributed by atoms with van der Waals surface area (Å²) in [7, 11) is 0. The Morgan fingerprint density at radius 1 is 1.25 bits per heavy atom. The van der Waals surface area contributed by atoms with E-state index in [0.29, 0.717) is 28.0 Å². The second kappa shape index (κ2) is 6.16. The summed E-state index contributed by atoms with van der Waals surface area (Å²) in [6.07, 6.45) is 0.